The van der Waals surface area contributed by atoms with E-state index in [-0.39, 0.29) is 18.4 Å². The van der Waals surface area contributed by atoms with Gasteiger partial charge in [0.05, 0.1) is 17.9 Å². The van der Waals surface area contributed by atoms with Crippen molar-refractivity contribution in [2.45, 2.75) is 13.8 Å². The number of hydrogen-bond acceptors (Lipinski definition) is 3. The van der Waals surface area contributed by atoms with Gasteiger partial charge in [-0.05, 0) is 24.6 Å². The number of aryl methyl sites for hydroxylation is 1. The number of benzene rings is 1. The Morgan fingerprint density at radius 1 is 1.44 bits per heavy atom. The number of likely N-dealkylation sites (N-methyl/N-ethyl adjacent to an activating group) is 1. The molecule has 6 heteroatoms. The number of rotatable bonds is 3. The largest absolute Gasteiger partial charge is 0.397 e. The minimum absolute atomic E-state index is 0.000332. The van der Waals surface area contributed by atoms with E-state index in [2.05, 4.69) is 21.2 Å². The van der Waals surface area contributed by atoms with Gasteiger partial charge in [0, 0.05) is 18.4 Å². The Hall–Kier alpha value is -1.56. The first-order valence-corrected chi connectivity index (χ1v) is 6.17. The van der Waals surface area contributed by atoms with Crippen molar-refractivity contribution in [1.29, 1.82) is 0 Å². The number of carbonyl (C=O) groups excluding carboxylic acids is 2. The molecule has 0 spiro atoms. The lowest BCUT2D eigenvalue weighted by molar-refractivity contribution is -0.131. The van der Waals surface area contributed by atoms with Gasteiger partial charge in [-0.2, -0.15) is 0 Å². The first-order valence-electron chi connectivity index (χ1n) is 5.38. The summed E-state index contributed by atoms with van der Waals surface area (Å²) >= 11 is 3.34. The summed E-state index contributed by atoms with van der Waals surface area (Å²) in [6.45, 7) is 3.27. The average molecular weight is 314 g/mol. The summed E-state index contributed by atoms with van der Waals surface area (Å²) < 4.78 is 0.837. The SMILES string of the molecule is CC(=O)N(C)CC(=O)Nc1cc(Br)cc(C)c1N. The highest BCUT2D eigenvalue weighted by Crippen LogP contribution is 2.27. The van der Waals surface area contributed by atoms with Gasteiger partial charge in [-0.3, -0.25) is 9.59 Å². The van der Waals surface area contributed by atoms with Crippen LogP contribution in [-0.4, -0.2) is 30.3 Å². The zero-order chi connectivity index (χ0) is 13.9. The molecule has 0 unspecified atom stereocenters. The van der Waals surface area contributed by atoms with Gasteiger partial charge >= 0.3 is 0 Å². The van der Waals surface area contributed by atoms with Crippen molar-refractivity contribution < 1.29 is 9.59 Å². The van der Waals surface area contributed by atoms with Gasteiger partial charge in [0.2, 0.25) is 11.8 Å². The average Bonchev–Trinajstić information content (AvgIpc) is 2.24. The van der Waals surface area contributed by atoms with Crippen LogP contribution >= 0.6 is 15.9 Å². The zero-order valence-corrected chi connectivity index (χ0v) is 12.2. The number of anilines is 2. The molecule has 1 aromatic rings. The second-order valence-corrected chi connectivity index (χ2v) is 5.02. The number of carbonyl (C=O) groups is 2. The molecule has 0 fully saturated rings. The molecule has 0 heterocycles. The molecule has 0 aliphatic rings. The van der Waals surface area contributed by atoms with E-state index < -0.39 is 0 Å². The number of nitrogens with one attached hydrogen (secondary N) is 1. The molecular weight excluding hydrogens is 298 g/mol. The molecule has 1 rings (SSSR count). The molecule has 0 aromatic heterocycles. The van der Waals surface area contributed by atoms with Crippen LogP contribution in [0.2, 0.25) is 0 Å². The summed E-state index contributed by atoms with van der Waals surface area (Å²) in [4.78, 5) is 24.1. The molecule has 0 bridgehead atoms. The molecule has 1 aromatic carbocycles. The van der Waals surface area contributed by atoms with Crippen molar-refractivity contribution in [1.82, 2.24) is 4.90 Å². The van der Waals surface area contributed by atoms with Gasteiger partial charge in [0.25, 0.3) is 0 Å². The number of nitrogens with two attached hydrogens (primary N) is 1. The van der Waals surface area contributed by atoms with Gasteiger partial charge in [-0.25, -0.2) is 0 Å². The zero-order valence-electron chi connectivity index (χ0n) is 10.6. The summed E-state index contributed by atoms with van der Waals surface area (Å²) in [7, 11) is 1.57. The normalized spacial score (nSPS) is 10.0. The highest BCUT2D eigenvalue weighted by atomic mass is 79.9. The molecule has 5 nitrogen and oxygen atoms in total. The molecule has 3 N–H and O–H groups in total. The van der Waals surface area contributed by atoms with E-state index in [1.165, 1.54) is 11.8 Å². The molecule has 0 radical (unpaired) electrons. The number of nitrogen functional groups attached to an aromatic ring is 1. The maximum absolute atomic E-state index is 11.7. The van der Waals surface area contributed by atoms with Crippen molar-refractivity contribution >= 4 is 39.1 Å². The van der Waals surface area contributed by atoms with Crippen molar-refractivity contribution in [3.63, 3.8) is 0 Å². The highest BCUT2D eigenvalue weighted by Gasteiger charge is 2.11. The van der Waals surface area contributed by atoms with Crippen LogP contribution in [0.1, 0.15) is 12.5 Å². The van der Waals surface area contributed by atoms with Gasteiger partial charge in [0.15, 0.2) is 0 Å². The standard InChI is InChI=1S/C12H16BrN3O2/c1-7-4-9(13)5-10(12(7)14)15-11(18)6-16(3)8(2)17/h4-5H,6,14H2,1-3H3,(H,15,18). The number of amides is 2. The van der Waals surface area contributed by atoms with Gasteiger partial charge < -0.3 is 16.0 Å². The van der Waals surface area contributed by atoms with Gasteiger partial charge in [-0.1, -0.05) is 15.9 Å². The topological polar surface area (TPSA) is 75.4 Å². The molecule has 2 amide bonds. The van der Waals surface area contributed by atoms with Crippen molar-refractivity contribution in [3.05, 3.63) is 22.2 Å². The minimum Gasteiger partial charge on any atom is -0.397 e. The highest BCUT2D eigenvalue weighted by molar-refractivity contribution is 9.10. The Morgan fingerprint density at radius 3 is 2.61 bits per heavy atom. The van der Waals surface area contributed by atoms with Gasteiger partial charge in [0.1, 0.15) is 0 Å². The lowest BCUT2D eigenvalue weighted by Gasteiger charge is -2.16. The lowest BCUT2D eigenvalue weighted by Crippen LogP contribution is -2.33. The van der Waals surface area contributed by atoms with E-state index in [0.29, 0.717) is 11.4 Å². The third-order valence-electron chi connectivity index (χ3n) is 2.54. The van der Waals surface area contributed by atoms with Crippen LogP contribution in [0.15, 0.2) is 16.6 Å². The van der Waals surface area contributed by atoms with Crippen molar-refractivity contribution in [2.24, 2.45) is 0 Å². The summed E-state index contributed by atoms with van der Waals surface area (Å²) in [6.07, 6.45) is 0. The number of halogens is 1. The second-order valence-electron chi connectivity index (χ2n) is 4.11. The predicted octanol–water partition coefficient (Wildman–Crippen LogP) is 1.76. The molecule has 0 aliphatic heterocycles. The van der Waals surface area contributed by atoms with Crippen molar-refractivity contribution in [2.75, 3.05) is 24.6 Å². The monoisotopic (exact) mass is 313 g/mol. The quantitative estimate of drug-likeness (QED) is 0.835. The fraction of sp³-hybridized carbons (Fsp3) is 0.333. The van der Waals surface area contributed by atoms with Crippen LogP contribution < -0.4 is 11.1 Å². The Kier molecular flexibility index (Phi) is 4.72. The van der Waals surface area contributed by atoms with E-state index in [1.54, 1.807) is 13.1 Å². The maximum atomic E-state index is 11.7. The van der Waals surface area contributed by atoms with E-state index in [0.717, 1.165) is 10.0 Å². The van der Waals surface area contributed by atoms with Crippen LogP contribution in [0.5, 0.6) is 0 Å². The fourth-order valence-electron chi connectivity index (χ4n) is 1.37. The third-order valence-corrected chi connectivity index (χ3v) is 3.00. The van der Waals surface area contributed by atoms with Crippen LogP contribution in [0, 0.1) is 6.92 Å². The molecule has 0 aliphatic carbocycles. The molecule has 0 saturated carbocycles. The van der Waals surface area contributed by atoms with Crippen molar-refractivity contribution in [3.8, 4) is 0 Å². The number of hydrogen-bond donors (Lipinski definition) is 2. The van der Waals surface area contributed by atoms with Crippen LogP contribution in [0.25, 0.3) is 0 Å². The van der Waals surface area contributed by atoms with E-state index in [1.807, 2.05) is 13.0 Å². The summed E-state index contributed by atoms with van der Waals surface area (Å²) in [5.74, 6) is -0.444. The van der Waals surface area contributed by atoms with E-state index in [9.17, 15) is 9.59 Å². The molecule has 98 valence electrons. The van der Waals surface area contributed by atoms with E-state index in [4.69, 9.17) is 5.73 Å². The smallest absolute Gasteiger partial charge is 0.244 e. The molecule has 0 atom stereocenters. The Labute approximate surface area is 114 Å². The first kappa shape index (κ1) is 14.5. The minimum atomic E-state index is -0.281. The van der Waals surface area contributed by atoms with E-state index >= 15 is 0 Å². The van der Waals surface area contributed by atoms with Gasteiger partial charge in [-0.15, -0.1) is 0 Å². The van der Waals surface area contributed by atoms with Crippen LogP contribution in [0.3, 0.4) is 0 Å². The molecular formula is C12H16BrN3O2. The Balaban J connectivity index is 2.79. The maximum Gasteiger partial charge on any atom is 0.244 e. The lowest BCUT2D eigenvalue weighted by atomic mass is 10.1. The van der Waals surface area contributed by atoms with Crippen LogP contribution in [0.4, 0.5) is 11.4 Å². The van der Waals surface area contributed by atoms with Crippen LogP contribution in [-0.2, 0) is 9.59 Å². The summed E-state index contributed by atoms with van der Waals surface area (Å²) in [6, 6.07) is 3.60. The number of nitrogens with zero attached hydrogens (tertiary/aromatic N) is 1. The fourth-order valence-corrected chi connectivity index (χ4v) is 1.95. The predicted molar refractivity (Wildman–Crippen MR) is 75.2 cm³/mol. The molecule has 0 saturated heterocycles. The first-order chi connectivity index (χ1) is 8.31. The Bertz CT molecular complexity index is 488. The summed E-state index contributed by atoms with van der Waals surface area (Å²) in [5, 5.41) is 2.69. The summed E-state index contributed by atoms with van der Waals surface area (Å²) in [5.41, 5.74) is 7.82. The Morgan fingerprint density at radius 2 is 2.06 bits per heavy atom. The third kappa shape index (κ3) is 3.73. The molecule has 18 heavy (non-hydrogen) atoms. The second kappa shape index (κ2) is 5.86.